The van der Waals surface area contributed by atoms with E-state index in [0.717, 1.165) is 12.1 Å². The number of rotatable bonds is 11. The van der Waals surface area contributed by atoms with Gasteiger partial charge < -0.3 is 4.74 Å². The van der Waals surface area contributed by atoms with Gasteiger partial charge in [-0.05, 0) is 12.5 Å². The van der Waals surface area contributed by atoms with E-state index in [9.17, 15) is 9.59 Å². The Balaban J connectivity index is 1.25. The van der Waals surface area contributed by atoms with Crippen molar-refractivity contribution in [2.75, 3.05) is 0 Å². The lowest BCUT2D eigenvalue weighted by Gasteiger charge is -2.17. The average Bonchev–Trinajstić information content (AvgIpc) is 3.40. The minimum Gasteiger partial charge on any atom is -0.365 e. The molecule has 0 spiro atoms. The van der Waals surface area contributed by atoms with Gasteiger partial charge in [0.15, 0.2) is 12.4 Å². The van der Waals surface area contributed by atoms with Crippen LogP contribution in [0, 0.1) is 11.8 Å². The third-order valence-corrected chi connectivity index (χ3v) is 6.53. The zero-order chi connectivity index (χ0) is 20.2. The molecule has 4 atom stereocenters. The minimum absolute atomic E-state index is 0.0738. The fraction of sp³-hybridized carbons (Fsp3) is 0.625. The monoisotopic (exact) mass is 397 g/mol. The molecule has 1 aromatic heterocycles. The fourth-order valence-corrected chi connectivity index (χ4v) is 4.94. The van der Waals surface area contributed by atoms with E-state index in [1.807, 2.05) is 24.3 Å². The zero-order valence-electron chi connectivity index (χ0n) is 17.5. The van der Waals surface area contributed by atoms with E-state index < -0.39 is 0 Å². The van der Waals surface area contributed by atoms with Gasteiger partial charge >= 0.3 is 0 Å². The third kappa shape index (κ3) is 4.30. The number of carbonyl (C=O) groups is 2. The van der Waals surface area contributed by atoms with Crippen LogP contribution in [-0.2, 0) is 27.4 Å². The molecule has 4 rings (SSSR count). The molecule has 2 bridgehead atoms. The van der Waals surface area contributed by atoms with Crippen LogP contribution in [0.5, 0.6) is 0 Å². The van der Waals surface area contributed by atoms with Crippen LogP contribution in [0.4, 0.5) is 0 Å². The van der Waals surface area contributed by atoms with Gasteiger partial charge in [0.05, 0.1) is 30.6 Å². The van der Waals surface area contributed by atoms with Crippen LogP contribution in [0.2, 0.25) is 0 Å². The van der Waals surface area contributed by atoms with Gasteiger partial charge in [-0.2, -0.15) is 0 Å². The smallest absolute Gasteiger partial charge is 0.236 e. The van der Waals surface area contributed by atoms with Gasteiger partial charge in [-0.3, -0.25) is 14.5 Å². The van der Waals surface area contributed by atoms with Gasteiger partial charge in [0.2, 0.25) is 11.8 Å². The first-order valence-electron chi connectivity index (χ1n) is 11.4. The highest BCUT2D eigenvalue weighted by Crippen LogP contribution is 2.45. The van der Waals surface area contributed by atoms with Crippen molar-refractivity contribution >= 4 is 11.8 Å². The molecule has 29 heavy (non-hydrogen) atoms. The molecule has 2 saturated heterocycles. The number of likely N-dealkylation sites (tertiary alicyclic amines) is 1. The first-order valence-corrected chi connectivity index (χ1v) is 11.4. The summed E-state index contributed by atoms with van der Waals surface area (Å²) in [5.74, 6) is -0.776. The number of pyridine rings is 1. The van der Waals surface area contributed by atoms with Crippen molar-refractivity contribution in [3.05, 3.63) is 42.2 Å². The summed E-state index contributed by atoms with van der Waals surface area (Å²) in [4.78, 5) is 27.0. The maximum Gasteiger partial charge on any atom is 0.236 e. The second-order valence-electron chi connectivity index (χ2n) is 8.69. The topological polar surface area (TPSA) is 50.5 Å². The van der Waals surface area contributed by atoms with E-state index in [1.165, 1.54) is 56.3 Å². The molecule has 0 radical (unpaired) electrons. The molecule has 1 aromatic rings. The maximum absolute atomic E-state index is 12.8. The van der Waals surface area contributed by atoms with Gasteiger partial charge in [0.25, 0.3) is 0 Å². The molecule has 4 heterocycles. The molecule has 0 aliphatic carbocycles. The van der Waals surface area contributed by atoms with Gasteiger partial charge in [-0.15, -0.1) is 0 Å². The highest BCUT2D eigenvalue weighted by molar-refractivity contribution is 6.06. The lowest BCUT2D eigenvalue weighted by Crippen LogP contribution is -2.36. The van der Waals surface area contributed by atoms with Crippen molar-refractivity contribution in [3.63, 3.8) is 0 Å². The van der Waals surface area contributed by atoms with Crippen LogP contribution in [0.25, 0.3) is 0 Å². The van der Waals surface area contributed by atoms with Gasteiger partial charge in [0, 0.05) is 18.1 Å². The van der Waals surface area contributed by atoms with Crippen LogP contribution < -0.4 is 4.57 Å². The summed E-state index contributed by atoms with van der Waals surface area (Å²) >= 11 is 0. The molecule has 3 aliphatic rings. The van der Waals surface area contributed by atoms with E-state index >= 15 is 0 Å². The predicted octanol–water partition coefficient (Wildman–Crippen LogP) is 3.55. The zero-order valence-corrected chi connectivity index (χ0v) is 17.5. The van der Waals surface area contributed by atoms with Crippen molar-refractivity contribution in [1.82, 2.24) is 4.90 Å². The summed E-state index contributed by atoms with van der Waals surface area (Å²) < 4.78 is 7.89. The molecule has 156 valence electrons. The number of unbranched alkanes of at least 4 members (excludes halogenated alkanes) is 7. The number of carbonyl (C=O) groups excluding carboxylic acids is 2. The Bertz CT molecular complexity index is 745. The quantitative estimate of drug-likeness (QED) is 0.248. The highest BCUT2D eigenvalue weighted by atomic mass is 16.5. The second-order valence-corrected chi connectivity index (χ2v) is 8.69. The molecule has 2 fully saturated rings. The number of amides is 2. The Morgan fingerprint density at radius 2 is 1.55 bits per heavy atom. The van der Waals surface area contributed by atoms with E-state index in [-0.39, 0.29) is 35.9 Å². The Morgan fingerprint density at radius 3 is 2.21 bits per heavy atom. The molecule has 0 saturated carbocycles. The third-order valence-electron chi connectivity index (χ3n) is 6.53. The standard InChI is InChI=1S/C24H33N2O3/c1-2-3-4-5-6-7-8-9-14-25-15-10-11-18(16-25)17-26-23(27)21-19-12-13-20(29-19)22(21)24(26)28/h10-13,15-16,19-22H,2-9,14,17H2,1H3/q+1/t19-,20+,21-,22+. The van der Waals surface area contributed by atoms with Crippen LogP contribution in [0.1, 0.15) is 63.9 Å². The van der Waals surface area contributed by atoms with E-state index in [4.69, 9.17) is 4.74 Å². The summed E-state index contributed by atoms with van der Waals surface area (Å²) in [6.45, 7) is 3.60. The molecule has 0 N–H and O–H groups in total. The fourth-order valence-electron chi connectivity index (χ4n) is 4.94. The summed E-state index contributed by atoms with van der Waals surface area (Å²) in [6.07, 6.45) is 18.0. The van der Waals surface area contributed by atoms with Crippen molar-refractivity contribution in [2.24, 2.45) is 11.8 Å². The van der Waals surface area contributed by atoms with Crippen molar-refractivity contribution in [3.8, 4) is 0 Å². The Hall–Kier alpha value is -2.01. The summed E-state index contributed by atoms with van der Waals surface area (Å²) in [5.41, 5.74) is 1.01. The number of ether oxygens (including phenoxy) is 1. The van der Waals surface area contributed by atoms with E-state index in [2.05, 4.69) is 23.9 Å². The van der Waals surface area contributed by atoms with Crippen LogP contribution in [0.15, 0.2) is 36.7 Å². The van der Waals surface area contributed by atoms with Gasteiger partial charge in [0.1, 0.15) is 6.54 Å². The molecule has 5 heteroatoms. The number of imide groups is 1. The molecule has 0 aromatic carbocycles. The Labute approximate surface area is 173 Å². The lowest BCUT2D eigenvalue weighted by atomic mass is 9.85. The number of nitrogens with zero attached hydrogens (tertiary/aromatic N) is 2. The predicted molar refractivity (Wildman–Crippen MR) is 110 cm³/mol. The first kappa shape index (κ1) is 20.3. The molecule has 5 nitrogen and oxygen atoms in total. The molecule has 3 aliphatic heterocycles. The minimum atomic E-state index is -0.314. The van der Waals surface area contributed by atoms with Gasteiger partial charge in [-0.1, -0.05) is 57.6 Å². The number of hydrogen-bond acceptors (Lipinski definition) is 3. The lowest BCUT2D eigenvalue weighted by molar-refractivity contribution is -0.697. The number of fused-ring (bicyclic) bond motifs is 5. The largest absolute Gasteiger partial charge is 0.365 e. The van der Waals surface area contributed by atoms with Crippen LogP contribution >= 0.6 is 0 Å². The van der Waals surface area contributed by atoms with E-state index in [1.54, 1.807) is 0 Å². The Morgan fingerprint density at radius 1 is 0.931 bits per heavy atom. The highest BCUT2D eigenvalue weighted by Gasteiger charge is 2.60. The number of aromatic nitrogens is 1. The van der Waals surface area contributed by atoms with E-state index in [0.29, 0.717) is 6.54 Å². The average molecular weight is 398 g/mol. The van der Waals surface area contributed by atoms with Crippen molar-refractivity contribution < 1.29 is 18.9 Å². The second kappa shape index (κ2) is 9.21. The molecule has 2 amide bonds. The number of aryl methyl sites for hydroxylation is 1. The SMILES string of the molecule is CCCCCCCCCC[n+]1cccc(CN2C(=O)[C@@H]3[C@H](C2=O)[C@H]2C=C[C@@H]3O2)c1. The first-order chi connectivity index (χ1) is 14.2. The summed E-state index contributed by atoms with van der Waals surface area (Å²) in [6, 6.07) is 4.02. The molecule has 0 unspecified atom stereocenters. The van der Waals surface area contributed by atoms with Crippen LogP contribution in [-0.4, -0.2) is 28.9 Å². The molecular weight excluding hydrogens is 364 g/mol. The molecular formula is C24H33N2O3+. The van der Waals surface area contributed by atoms with Crippen molar-refractivity contribution in [1.29, 1.82) is 0 Å². The maximum atomic E-state index is 12.8. The summed E-state index contributed by atoms with van der Waals surface area (Å²) in [7, 11) is 0. The number of hydrogen-bond donors (Lipinski definition) is 0. The normalized spacial score (nSPS) is 27.3. The Kier molecular flexibility index (Phi) is 6.43. The summed E-state index contributed by atoms with van der Waals surface area (Å²) in [5, 5.41) is 0. The van der Waals surface area contributed by atoms with Crippen molar-refractivity contribution in [2.45, 2.75) is 83.6 Å². The van der Waals surface area contributed by atoms with Crippen LogP contribution in [0.3, 0.4) is 0 Å². The van der Waals surface area contributed by atoms with Gasteiger partial charge in [-0.25, -0.2) is 4.57 Å².